The van der Waals surface area contributed by atoms with Crippen molar-refractivity contribution in [2.24, 2.45) is 0 Å². The number of aromatic nitrogens is 1. The molecule has 0 aliphatic heterocycles. The lowest BCUT2D eigenvalue weighted by Crippen LogP contribution is -1.93. The van der Waals surface area contributed by atoms with Crippen molar-refractivity contribution in [3.05, 3.63) is 46.2 Å². The van der Waals surface area contributed by atoms with Crippen molar-refractivity contribution in [1.29, 1.82) is 0 Å². The van der Waals surface area contributed by atoms with Gasteiger partial charge in [-0.1, -0.05) is 5.57 Å². The number of rotatable bonds is 1. The first-order valence-electron chi connectivity index (χ1n) is 5.65. The summed E-state index contributed by atoms with van der Waals surface area (Å²) in [6.45, 7) is 2.14. The van der Waals surface area contributed by atoms with Crippen LogP contribution < -0.4 is 0 Å². The van der Waals surface area contributed by atoms with E-state index in [-0.39, 0.29) is 5.82 Å². The van der Waals surface area contributed by atoms with Gasteiger partial charge in [0.1, 0.15) is 10.8 Å². The molecule has 0 N–H and O–H groups in total. The number of thiazole rings is 1. The number of hydrogen-bond acceptors (Lipinski definition) is 2. The Morgan fingerprint density at radius 3 is 2.71 bits per heavy atom. The van der Waals surface area contributed by atoms with Gasteiger partial charge in [0, 0.05) is 10.4 Å². The van der Waals surface area contributed by atoms with Crippen molar-refractivity contribution >= 4 is 17.4 Å². The summed E-state index contributed by atoms with van der Waals surface area (Å²) < 4.78 is 12.9. The SMILES string of the molecule is CC1=Cc2nc(-c3ccc(F)cc3)sc2CC1. The fourth-order valence-electron chi connectivity index (χ4n) is 1.99. The molecule has 1 aromatic heterocycles. The van der Waals surface area contributed by atoms with Crippen LogP contribution in [0.15, 0.2) is 29.8 Å². The second-order valence-electron chi connectivity index (χ2n) is 4.33. The molecule has 0 spiro atoms. The van der Waals surface area contributed by atoms with Crippen LogP contribution in [0.2, 0.25) is 0 Å². The predicted molar refractivity (Wildman–Crippen MR) is 69.5 cm³/mol. The molecule has 17 heavy (non-hydrogen) atoms. The molecule has 3 heteroatoms. The van der Waals surface area contributed by atoms with E-state index in [1.807, 2.05) is 0 Å². The summed E-state index contributed by atoms with van der Waals surface area (Å²) in [6, 6.07) is 6.54. The minimum Gasteiger partial charge on any atom is -0.236 e. The van der Waals surface area contributed by atoms with E-state index in [4.69, 9.17) is 0 Å². The number of aryl methyl sites for hydroxylation is 1. The Bertz CT molecular complexity index is 581. The molecule has 0 radical (unpaired) electrons. The van der Waals surface area contributed by atoms with Gasteiger partial charge in [-0.3, -0.25) is 0 Å². The first-order valence-corrected chi connectivity index (χ1v) is 6.47. The lowest BCUT2D eigenvalue weighted by molar-refractivity contribution is 0.628. The highest BCUT2D eigenvalue weighted by atomic mass is 32.1. The Labute approximate surface area is 104 Å². The standard InChI is InChI=1S/C14H12FNS/c1-9-2-7-13-12(8-9)16-14(17-13)10-3-5-11(15)6-4-10/h3-6,8H,2,7H2,1H3. The van der Waals surface area contributed by atoms with Crippen LogP contribution in [-0.4, -0.2) is 4.98 Å². The van der Waals surface area contributed by atoms with E-state index in [9.17, 15) is 4.39 Å². The van der Waals surface area contributed by atoms with E-state index in [0.717, 1.165) is 29.1 Å². The van der Waals surface area contributed by atoms with E-state index in [2.05, 4.69) is 18.0 Å². The molecule has 3 rings (SSSR count). The number of benzene rings is 1. The molecular formula is C14H12FNS. The zero-order chi connectivity index (χ0) is 11.8. The summed E-state index contributed by atoms with van der Waals surface area (Å²) in [5.74, 6) is -0.203. The summed E-state index contributed by atoms with van der Waals surface area (Å²) in [5, 5.41) is 0.987. The van der Waals surface area contributed by atoms with Crippen molar-refractivity contribution in [2.45, 2.75) is 19.8 Å². The van der Waals surface area contributed by atoms with Crippen LogP contribution in [0.4, 0.5) is 4.39 Å². The Morgan fingerprint density at radius 2 is 1.94 bits per heavy atom. The van der Waals surface area contributed by atoms with Crippen molar-refractivity contribution < 1.29 is 4.39 Å². The average molecular weight is 245 g/mol. The van der Waals surface area contributed by atoms with Gasteiger partial charge < -0.3 is 0 Å². The van der Waals surface area contributed by atoms with Gasteiger partial charge in [-0.05, 0) is 50.1 Å². The van der Waals surface area contributed by atoms with Gasteiger partial charge >= 0.3 is 0 Å². The Kier molecular flexibility index (Phi) is 2.56. The quantitative estimate of drug-likeness (QED) is 0.730. The van der Waals surface area contributed by atoms with Gasteiger partial charge in [-0.25, -0.2) is 9.37 Å². The van der Waals surface area contributed by atoms with Crippen LogP contribution in [-0.2, 0) is 6.42 Å². The van der Waals surface area contributed by atoms with E-state index >= 15 is 0 Å². The van der Waals surface area contributed by atoms with E-state index < -0.39 is 0 Å². The molecular weight excluding hydrogens is 233 g/mol. The molecule has 1 nitrogen and oxygen atoms in total. The van der Waals surface area contributed by atoms with E-state index in [0.29, 0.717) is 0 Å². The largest absolute Gasteiger partial charge is 0.236 e. The minimum absolute atomic E-state index is 0.203. The molecule has 1 heterocycles. The lowest BCUT2D eigenvalue weighted by Gasteiger charge is -2.06. The number of hydrogen-bond donors (Lipinski definition) is 0. The minimum atomic E-state index is -0.203. The fraction of sp³-hybridized carbons (Fsp3) is 0.214. The van der Waals surface area contributed by atoms with Gasteiger partial charge in [-0.15, -0.1) is 11.3 Å². The van der Waals surface area contributed by atoms with Gasteiger partial charge in [0.15, 0.2) is 0 Å². The highest BCUT2D eigenvalue weighted by Gasteiger charge is 2.14. The van der Waals surface area contributed by atoms with Gasteiger partial charge in [0.25, 0.3) is 0 Å². The summed E-state index contributed by atoms with van der Waals surface area (Å²) >= 11 is 1.72. The van der Waals surface area contributed by atoms with E-state index in [1.165, 1.54) is 22.6 Å². The first kappa shape index (κ1) is 10.7. The van der Waals surface area contributed by atoms with Crippen LogP contribution in [0, 0.1) is 5.82 Å². The molecule has 0 atom stereocenters. The van der Waals surface area contributed by atoms with E-state index in [1.54, 1.807) is 23.5 Å². The second-order valence-corrected chi connectivity index (χ2v) is 5.41. The molecule has 1 aliphatic rings. The Hall–Kier alpha value is -1.48. The second kappa shape index (κ2) is 4.08. The third kappa shape index (κ3) is 2.03. The molecule has 0 saturated heterocycles. The van der Waals surface area contributed by atoms with Crippen molar-refractivity contribution in [3.8, 4) is 10.6 Å². The molecule has 0 fully saturated rings. The molecule has 86 valence electrons. The summed E-state index contributed by atoms with van der Waals surface area (Å²) in [5.41, 5.74) is 3.48. The number of fused-ring (bicyclic) bond motifs is 1. The van der Waals surface area contributed by atoms with Gasteiger partial charge in [-0.2, -0.15) is 0 Å². The smallest absolute Gasteiger partial charge is 0.124 e. The average Bonchev–Trinajstić information content (AvgIpc) is 2.72. The van der Waals surface area contributed by atoms with Crippen LogP contribution >= 0.6 is 11.3 Å². The maximum absolute atomic E-state index is 12.9. The number of allylic oxidation sites excluding steroid dienone is 1. The first-order chi connectivity index (χ1) is 8.22. The third-order valence-electron chi connectivity index (χ3n) is 2.95. The normalized spacial score (nSPS) is 14.4. The van der Waals surface area contributed by atoms with Crippen LogP contribution in [0.25, 0.3) is 16.6 Å². The molecule has 2 aromatic rings. The molecule has 0 saturated carbocycles. The fourth-order valence-corrected chi connectivity index (χ4v) is 3.03. The molecule has 1 aliphatic carbocycles. The Balaban J connectivity index is 2.03. The lowest BCUT2D eigenvalue weighted by atomic mass is 10.0. The Morgan fingerprint density at radius 1 is 1.18 bits per heavy atom. The number of halogens is 1. The monoisotopic (exact) mass is 245 g/mol. The molecule has 0 amide bonds. The zero-order valence-electron chi connectivity index (χ0n) is 9.53. The highest BCUT2D eigenvalue weighted by Crippen LogP contribution is 2.33. The third-order valence-corrected chi connectivity index (χ3v) is 4.13. The molecule has 0 unspecified atom stereocenters. The van der Waals surface area contributed by atoms with Crippen molar-refractivity contribution in [3.63, 3.8) is 0 Å². The van der Waals surface area contributed by atoms with Crippen LogP contribution in [0.5, 0.6) is 0 Å². The summed E-state index contributed by atoms with van der Waals surface area (Å²) in [6.07, 6.45) is 4.36. The van der Waals surface area contributed by atoms with Gasteiger partial charge in [0.05, 0.1) is 5.69 Å². The van der Waals surface area contributed by atoms with Crippen LogP contribution in [0.3, 0.4) is 0 Å². The zero-order valence-corrected chi connectivity index (χ0v) is 10.4. The van der Waals surface area contributed by atoms with Crippen LogP contribution in [0.1, 0.15) is 23.9 Å². The summed E-state index contributed by atoms with van der Waals surface area (Å²) in [4.78, 5) is 5.96. The highest BCUT2D eigenvalue weighted by molar-refractivity contribution is 7.15. The predicted octanol–water partition coefficient (Wildman–Crippen LogP) is 4.30. The van der Waals surface area contributed by atoms with Gasteiger partial charge in [0.2, 0.25) is 0 Å². The molecule has 1 aromatic carbocycles. The number of nitrogens with zero attached hydrogens (tertiary/aromatic N) is 1. The van der Waals surface area contributed by atoms with Crippen molar-refractivity contribution in [2.75, 3.05) is 0 Å². The molecule has 0 bridgehead atoms. The maximum Gasteiger partial charge on any atom is 0.124 e. The topological polar surface area (TPSA) is 12.9 Å². The maximum atomic E-state index is 12.9. The van der Waals surface area contributed by atoms with Crippen molar-refractivity contribution in [1.82, 2.24) is 4.98 Å². The summed E-state index contributed by atoms with van der Waals surface area (Å²) in [7, 11) is 0.